The van der Waals surface area contributed by atoms with E-state index >= 15 is 0 Å². The molecule has 2 aromatic carbocycles. The average molecular weight is 613 g/mol. The number of nitrogens with zero attached hydrogens (tertiary/aromatic N) is 1. The molecule has 1 aromatic heterocycles. The van der Waals surface area contributed by atoms with E-state index in [1.165, 1.54) is 7.11 Å². The highest BCUT2D eigenvalue weighted by Gasteiger charge is 2.36. The number of ether oxygens (including phenoxy) is 2. The molecule has 0 saturated heterocycles. The fourth-order valence-electron chi connectivity index (χ4n) is 3.56. The van der Waals surface area contributed by atoms with Crippen LogP contribution in [0.1, 0.15) is 31.0 Å². The lowest BCUT2D eigenvalue weighted by molar-refractivity contribution is -0.120. The van der Waals surface area contributed by atoms with E-state index in [4.69, 9.17) is 14.6 Å². The molecular weight excluding hydrogens is 580 g/mol. The third-order valence-electron chi connectivity index (χ3n) is 5.35. The van der Waals surface area contributed by atoms with Crippen LogP contribution in [-0.2, 0) is 34.1 Å². The number of methoxy groups -OCH3 is 1. The van der Waals surface area contributed by atoms with E-state index in [1.54, 1.807) is 39.0 Å². The highest BCUT2D eigenvalue weighted by atomic mass is 32.2. The number of primary sulfonamides is 1. The number of nitrogens with two attached hydrogens (primary N) is 1. The molecule has 0 saturated carbocycles. The average Bonchev–Trinajstić information content (AvgIpc) is 3.23. The van der Waals surface area contributed by atoms with Gasteiger partial charge in [-0.15, -0.1) is 11.3 Å². The number of aromatic nitrogens is 1. The molecule has 40 heavy (non-hydrogen) atoms. The molecule has 0 radical (unpaired) electrons. The molecule has 4 N–H and O–H groups in total. The van der Waals surface area contributed by atoms with Crippen molar-refractivity contribution in [3.8, 4) is 11.1 Å². The lowest BCUT2D eigenvalue weighted by atomic mass is 10.1. The molecule has 0 spiro atoms. The molecule has 15 heteroatoms. The number of nitrogens with one attached hydrogen (secondary N) is 2. The van der Waals surface area contributed by atoms with E-state index in [2.05, 4.69) is 15.6 Å². The minimum Gasteiger partial charge on any atom is -0.444 e. The van der Waals surface area contributed by atoms with Crippen molar-refractivity contribution in [2.24, 2.45) is 5.14 Å². The fraction of sp³-hybridized carbons (Fsp3) is 0.400. The highest BCUT2D eigenvalue weighted by Crippen LogP contribution is 2.34. The second kappa shape index (κ2) is 12.6. The van der Waals surface area contributed by atoms with Gasteiger partial charge in [0.05, 0.1) is 28.3 Å². The zero-order valence-electron chi connectivity index (χ0n) is 22.5. The molecule has 0 aliphatic heterocycles. The monoisotopic (exact) mass is 612 g/mol. The van der Waals surface area contributed by atoms with Gasteiger partial charge in [0.15, 0.2) is 15.1 Å². The Kier molecular flexibility index (Phi) is 9.89. The zero-order chi connectivity index (χ0) is 29.7. The van der Waals surface area contributed by atoms with Crippen molar-refractivity contribution in [2.75, 3.05) is 37.1 Å². The maximum atomic E-state index is 13.1. The second-order valence-corrected chi connectivity index (χ2v) is 14.8. The minimum atomic E-state index is -4.05. The van der Waals surface area contributed by atoms with Crippen LogP contribution >= 0.6 is 11.3 Å². The second-order valence-electron chi connectivity index (χ2n) is 9.84. The Morgan fingerprint density at radius 1 is 1.02 bits per heavy atom. The topological polar surface area (TPSA) is 184 Å². The number of carbonyl (C=O) groups is 2. The van der Waals surface area contributed by atoms with E-state index in [9.17, 15) is 26.4 Å². The van der Waals surface area contributed by atoms with E-state index < -0.39 is 54.2 Å². The summed E-state index contributed by atoms with van der Waals surface area (Å²) >= 11 is 1.05. The largest absolute Gasteiger partial charge is 0.444 e. The lowest BCUT2D eigenvalue weighted by Gasteiger charge is -2.19. The van der Waals surface area contributed by atoms with Crippen molar-refractivity contribution in [3.63, 3.8) is 0 Å². The van der Waals surface area contributed by atoms with E-state index in [0.29, 0.717) is 15.9 Å². The number of hydrogen-bond acceptors (Lipinski definition) is 10. The molecule has 1 unspecified atom stereocenters. The first-order chi connectivity index (χ1) is 18.6. The fourth-order valence-corrected chi connectivity index (χ4v) is 6.92. The van der Waals surface area contributed by atoms with Crippen LogP contribution in [0.15, 0.2) is 42.5 Å². The van der Waals surface area contributed by atoms with Crippen LogP contribution in [0.3, 0.4) is 0 Å². The van der Waals surface area contributed by atoms with Crippen LogP contribution < -0.4 is 15.8 Å². The molecule has 3 rings (SSSR count). The number of carbonyl (C=O) groups excluding carboxylic acids is 2. The molecule has 3 aromatic rings. The van der Waals surface area contributed by atoms with E-state index in [0.717, 1.165) is 22.5 Å². The van der Waals surface area contributed by atoms with Crippen molar-refractivity contribution in [1.82, 2.24) is 10.3 Å². The van der Waals surface area contributed by atoms with E-state index in [-0.39, 0.29) is 18.2 Å². The molecule has 12 nitrogen and oxygen atoms in total. The van der Waals surface area contributed by atoms with Crippen LogP contribution in [0.25, 0.3) is 21.3 Å². The summed E-state index contributed by atoms with van der Waals surface area (Å²) < 4.78 is 59.4. The van der Waals surface area contributed by atoms with Gasteiger partial charge in [0.2, 0.25) is 15.9 Å². The van der Waals surface area contributed by atoms with Crippen LogP contribution in [0, 0.1) is 0 Å². The van der Waals surface area contributed by atoms with Crippen LogP contribution in [0.5, 0.6) is 0 Å². The summed E-state index contributed by atoms with van der Waals surface area (Å²) in [5.41, 5.74) is 2.06. The van der Waals surface area contributed by atoms with Crippen LogP contribution in [0.2, 0.25) is 0 Å². The van der Waals surface area contributed by atoms with Crippen molar-refractivity contribution >= 4 is 59.1 Å². The first-order valence-electron chi connectivity index (χ1n) is 12.1. The lowest BCUT2D eigenvalue weighted by Crippen LogP contribution is -2.38. The first kappa shape index (κ1) is 31.4. The van der Waals surface area contributed by atoms with Gasteiger partial charge in [-0.3, -0.25) is 10.1 Å². The molecule has 0 aliphatic carbocycles. The molecule has 2 amide bonds. The quantitative estimate of drug-likeness (QED) is 0.293. The third kappa shape index (κ3) is 8.96. The summed E-state index contributed by atoms with van der Waals surface area (Å²) in [6.45, 7) is 4.84. The van der Waals surface area contributed by atoms with Gasteiger partial charge in [-0.05, 0) is 56.2 Å². The molecule has 0 fully saturated rings. The summed E-state index contributed by atoms with van der Waals surface area (Å²) in [6, 6.07) is 12.4. The molecular formula is C25H32N4O8S3. The standard InChI is InChI=1S/C25H32N4O8S3/c1-25(2,3)37-24(31)28-18-8-5-16(6-9-18)17-7-10-19-20(15-17)38-23(29-19)21(39(32,33)14-12-36-4)22(30)27-11-13-40(26,34)35/h5-10,15,21H,11-14H2,1-4H3,(H,27,30)(H,28,31)(H2,26,34,35). The van der Waals surface area contributed by atoms with Crippen LogP contribution in [0.4, 0.5) is 10.5 Å². The van der Waals surface area contributed by atoms with Crippen LogP contribution in [-0.4, -0.2) is 71.2 Å². The Hall–Kier alpha value is -3.11. The number of sulfone groups is 1. The number of benzene rings is 2. The maximum absolute atomic E-state index is 13.1. The minimum absolute atomic E-state index is 0.0493. The van der Waals surface area contributed by atoms with E-state index in [1.807, 2.05) is 24.3 Å². The molecule has 0 bridgehead atoms. The Morgan fingerprint density at radius 3 is 2.27 bits per heavy atom. The predicted molar refractivity (Wildman–Crippen MR) is 154 cm³/mol. The van der Waals surface area contributed by atoms with Gasteiger partial charge >= 0.3 is 6.09 Å². The van der Waals surface area contributed by atoms with Gasteiger partial charge in [-0.1, -0.05) is 18.2 Å². The summed E-state index contributed by atoms with van der Waals surface area (Å²) in [7, 11) is -6.56. The smallest absolute Gasteiger partial charge is 0.412 e. The van der Waals surface area contributed by atoms with Crippen molar-refractivity contribution in [3.05, 3.63) is 47.5 Å². The zero-order valence-corrected chi connectivity index (χ0v) is 24.9. The first-order valence-corrected chi connectivity index (χ1v) is 16.3. The number of amides is 2. The summed E-state index contributed by atoms with van der Waals surface area (Å²) in [4.78, 5) is 29.4. The summed E-state index contributed by atoms with van der Waals surface area (Å²) in [5.74, 6) is -1.87. The SMILES string of the molecule is COCCS(=O)(=O)C(C(=O)NCCS(N)(=O)=O)c1nc2ccc(-c3ccc(NC(=O)OC(C)(C)C)cc3)cc2s1. The van der Waals surface area contributed by atoms with Crippen molar-refractivity contribution < 1.29 is 35.9 Å². The number of sulfonamides is 1. The van der Waals surface area contributed by atoms with Gasteiger partial charge in [0, 0.05) is 19.3 Å². The molecule has 1 heterocycles. The Morgan fingerprint density at radius 2 is 1.68 bits per heavy atom. The normalized spacial score (nSPS) is 13.1. The number of fused-ring (bicyclic) bond motifs is 1. The summed E-state index contributed by atoms with van der Waals surface area (Å²) in [6.07, 6.45) is -0.567. The Bertz CT molecular complexity index is 1580. The number of hydrogen-bond donors (Lipinski definition) is 3. The Labute approximate surface area is 237 Å². The van der Waals surface area contributed by atoms with Gasteiger partial charge in [-0.25, -0.2) is 31.8 Å². The van der Waals surface area contributed by atoms with Gasteiger partial charge < -0.3 is 14.8 Å². The Balaban J connectivity index is 1.87. The predicted octanol–water partition coefficient (Wildman–Crippen LogP) is 2.82. The molecule has 218 valence electrons. The van der Waals surface area contributed by atoms with Gasteiger partial charge in [0.1, 0.15) is 10.6 Å². The number of rotatable bonds is 11. The number of thiazole rings is 1. The van der Waals surface area contributed by atoms with Crippen molar-refractivity contribution in [1.29, 1.82) is 0 Å². The van der Waals surface area contributed by atoms with Crippen molar-refractivity contribution in [2.45, 2.75) is 31.6 Å². The molecule has 1 atom stereocenters. The number of anilines is 1. The molecule has 0 aliphatic rings. The van der Waals surface area contributed by atoms with Gasteiger partial charge in [-0.2, -0.15) is 0 Å². The maximum Gasteiger partial charge on any atom is 0.412 e. The third-order valence-corrected chi connectivity index (χ3v) is 9.24. The highest BCUT2D eigenvalue weighted by molar-refractivity contribution is 7.92. The van der Waals surface area contributed by atoms with Gasteiger partial charge in [0.25, 0.3) is 0 Å². The summed E-state index contributed by atoms with van der Waals surface area (Å²) in [5, 5.41) is 8.39.